The second kappa shape index (κ2) is 4.34. The first-order chi connectivity index (χ1) is 9.01. The fourth-order valence-corrected chi connectivity index (χ4v) is 3.40. The number of hydrogen-bond donors (Lipinski definition) is 1. The van der Waals surface area contributed by atoms with Gasteiger partial charge >= 0.3 is 0 Å². The molecule has 3 heteroatoms. The van der Waals surface area contributed by atoms with Crippen LogP contribution >= 0.6 is 0 Å². The molecule has 1 fully saturated rings. The summed E-state index contributed by atoms with van der Waals surface area (Å²) >= 11 is 0. The maximum absolute atomic E-state index is 12.3. The number of benzene rings is 1. The third-order valence-electron chi connectivity index (χ3n) is 4.71. The Bertz CT molecular complexity index is 515. The molecule has 0 radical (unpaired) electrons. The predicted molar refractivity (Wildman–Crippen MR) is 77.7 cm³/mol. The summed E-state index contributed by atoms with van der Waals surface area (Å²) in [5.41, 5.74) is 3.28. The van der Waals surface area contributed by atoms with E-state index in [1.54, 1.807) is 4.90 Å². The number of nitrogens with one attached hydrogen (secondary N) is 1. The Morgan fingerprint density at radius 2 is 1.95 bits per heavy atom. The van der Waals surface area contributed by atoms with Crippen molar-refractivity contribution in [3.05, 3.63) is 29.3 Å². The Labute approximate surface area is 115 Å². The van der Waals surface area contributed by atoms with E-state index in [2.05, 4.69) is 23.5 Å². The summed E-state index contributed by atoms with van der Waals surface area (Å²) in [5.74, 6) is 0.841. The van der Waals surface area contributed by atoms with Crippen molar-refractivity contribution in [2.75, 3.05) is 25.0 Å². The van der Waals surface area contributed by atoms with Crippen LogP contribution in [0.3, 0.4) is 0 Å². The molecule has 0 saturated carbocycles. The van der Waals surface area contributed by atoms with Gasteiger partial charge < -0.3 is 10.2 Å². The van der Waals surface area contributed by atoms with Crippen LogP contribution in [0.15, 0.2) is 18.2 Å². The molecule has 1 aromatic rings. The number of likely N-dealkylation sites (N-methyl/N-ethyl adjacent to an activating group) is 1. The van der Waals surface area contributed by atoms with E-state index in [-0.39, 0.29) is 11.3 Å². The average molecular weight is 258 g/mol. The van der Waals surface area contributed by atoms with Crippen LogP contribution in [0.5, 0.6) is 0 Å². The number of nitrogens with zero attached hydrogens (tertiary/aromatic N) is 1. The van der Waals surface area contributed by atoms with Gasteiger partial charge in [0, 0.05) is 12.7 Å². The van der Waals surface area contributed by atoms with E-state index in [0.29, 0.717) is 5.92 Å². The Kier molecular flexibility index (Phi) is 2.90. The lowest BCUT2D eigenvalue weighted by molar-refractivity contribution is -0.121. The first-order valence-corrected chi connectivity index (χ1v) is 7.15. The highest BCUT2D eigenvalue weighted by Gasteiger charge is 2.42. The van der Waals surface area contributed by atoms with E-state index in [9.17, 15) is 4.79 Å². The molecule has 0 aliphatic carbocycles. The Balaban J connectivity index is 2.00. The van der Waals surface area contributed by atoms with Crippen molar-refractivity contribution in [1.29, 1.82) is 0 Å². The van der Waals surface area contributed by atoms with Crippen LogP contribution in [0.25, 0.3) is 0 Å². The molecule has 3 rings (SSSR count). The van der Waals surface area contributed by atoms with Crippen LogP contribution in [0, 0.1) is 0 Å². The zero-order valence-corrected chi connectivity index (χ0v) is 12.0. The molecule has 2 heterocycles. The molecule has 2 aliphatic rings. The summed E-state index contributed by atoms with van der Waals surface area (Å²) in [6.45, 7) is 6.27. The van der Waals surface area contributed by atoms with Crippen molar-refractivity contribution in [3.8, 4) is 0 Å². The van der Waals surface area contributed by atoms with Gasteiger partial charge in [0.2, 0.25) is 5.91 Å². The first kappa shape index (κ1) is 12.7. The molecule has 0 bridgehead atoms. The number of hydrogen-bond acceptors (Lipinski definition) is 2. The minimum atomic E-state index is -0.382. The predicted octanol–water partition coefficient (Wildman–Crippen LogP) is 2.41. The molecular formula is C16H22N2O. The number of amides is 1. The van der Waals surface area contributed by atoms with Crippen molar-refractivity contribution in [2.45, 2.75) is 38.0 Å². The number of carbonyl (C=O) groups excluding carboxylic acids is 1. The molecule has 3 nitrogen and oxygen atoms in total. The van der Waals surface area contributed by atoms with Crippen molar-refractivity contribution in [1.82, 2.24) is 5.32 Å². The normalized spacial score (nSPS) is 22.7. The summed E-state index contributed by atoms with van der Waals surface area (Å²) in [4.78, 5) is 14.1. The third-order valence-corrected chi connectivity index (χ3v) is 4.71. The van der Waals surface area contributed by atoms with E-state index in [1.807, 2.05) is 20.9 Å². The molecule has 0 aromatic heterocycles. The zero-order valence-electron chi connectivity index (χ0n) is 12.0. The van der Waals surface area contributed by atoms with Gasteiger partial charge in [-0.15, -0.1) is 0 Å². The van der Waals surface area contributed by atoms with Crippen LogP contribution in [0.2, 0.25) is 0 Å². The first-order valence-electron chi connectivity index (χ1n) is 7.15. The SMILES string of the molecule is CN1C(=O)C(C)(C)c2cc(C3CCNCC3)ccc21. The van der Waals surface area contributed by atoms with Gasteiger partial charge in [-0.1, -0.05) is 12.1 Å². The van der Waals surface area contributed by atoms with Crippen LogP contribution < -0.4 is 10.2 Å². The lowest BCUT2D eigenvalue weighted by atomic mass is 9.82. The highest BCUT2D eigenvalue weighted by atomic mass is 16.2. The summed E-state index contributed by atoms with van der Waals surface area (Å²) in [6, 6.07) is 6.60. The minimum absolute atomic E-state index is 0.199. The molecule has 2 aliphatic heterocycles. The van der Waals surface area contributed by atoms with E-state index < -0.39 is 0 Å². The lowest BCUT2D eigenvalue weighted by Gasteiger charge is -2.24. The Morgan fingerprint density at radius 3 is 2.63 bits per heavy atom. The molecule has 1 saturated heterocycles. The van der Waals surface area contributed by atoms with Gasteiger partial charge in [0.25, 0.3) is 0 Å². The quantitative estimate of drug-likeness (QED) is 0.839. The molecule has 0 unspecified atom stereocenters. The van der Waals surface area contributed by atoms with Crippen LogP contribution in [0.4, 0.5) is 5.69 Å². The molecule has 19 heavy (non-hydrogen) atoms. The van der Waals surface area contributed by atoms with Crippen molar-refractivity contribution in [2.24, 2.45) is 0 Å². The fourth-order valence-electron chi connectivity index (χ4n) is 3.40. The number of anilines is 1. The van der Waals surface area contributed by atoms with Gasteiger partial charge in [-0.2, -0.15) is 0 Å². The van der Waals surface area contributed by atoms with Crippen molar-refractivity contribution < 1.29 is 4.79 Å². The van der Waals surface area contributed by atoms with E-state index >= 15 is 0 Å². The van der Waals surface area contributed by atoms with Gasteiger partial charge in [0.05, 0.1) is 5.41 Å². The highest BCUT2D eigenvalue weighted by molar-refractivity contribution is 6.07. The Hall–Kier alpha value is -1.35. The van der Waals surface area contributed by atoms with Crippen LogP contribution in [0.1, 0.15) is 43.7 Å². The molecule has 0 atom stereocenters. The van der Waals surface area contributed by atoms with Crippen LogP contribution in [-0.4, -0.2) is 26.0 Å². The van der Waals surface area contributed by atoms with Crippen molar-refractivity contribution in [3.63, 3.8) is 0 Å². The smallest absolute Gasteiger partial charge is 0.236 e. The third kappa shape index (κ3) is 1.88. The largest absolute Gasteiger partial charge is 0.317 e. The standard InChI is InChI=1S/C16H22N2O/c1-16(2)13-10-12(11-6-8-17-9-7-11)4-5-14(13)18(3)15(16)19/h4-5,10-11,17H,6-9H2,1-3H3. The zero-order chi connectivity index (χ0) is 13.6. The maximum atomic E-state index is 12.3. The second-order valence-electron chi connectivity index (χ2n) is 6.29. The highest BCUT2D eigenvalue weighted by Crippen LogP contribution is 2.42. The number of piperidine rings is 1. The summed E-state index contributed by atoms with van der Waals surface area (Å²) in [7, 11) is 1.88. The molecule has 1 N–H and O–H groups in total. The molecule has 1 aromatic carbocycles. The second-order valence-corrected chi connectivity index (χ2v) is 6.29. The van der Waals surface area contributed by atoms with E-state index in [0.717, 1.165) is 18.8 Å². The maximum Gasteiger partial charge on any atom is 0.236 e. The van der Waals surface area contributed by atoms with E-state index in [1.165, 1.54) is 24.0 Å². The average Bonchev–Trinajstić information content (AvgIpc) is 2.61. The van der Waals surface area contributed by atoms with Gasteiger partial charge in [0.15, 0.2) is 0 Å². The van der Waals surface area contributed by atoms with Gasteiger partial charge in [0.1, 0.15) is 0 Å². The summed E-state index contributed by atoms with van der Waals surface area (Å²) < 4.78 is 0. The van der Waals surface area contributed by atoms with E-state index in [4.69, 9.17) is 0 Å². The Morgan fingerprint density at radius 1 is 1.26 bits per heavy atom. The van der Waals surface area contributed by atoms with Gasteiger partial charge in [-0.3, -0.25) is 4.79 Å². The summed E-state index contributed by atoms with van der Waals surface area (Å²) in [5, 5.41) is 3.40. The number of rotatable bonds is 1. The number of fused-ring (bicyclic) bond motifs is 1. The van der Waals surface area contributed by atoms with Gasteiger partial charge in [-0.05, 0) is 62.9 Å². The van der Waals surface area contributed by atoms with Crippen molar-refractivity contribution >= 4 is 11.6 Å². The number of carbonyl (C=O) groups is 1. The van der Waals surface area contributed by atoms with Gasteiger partial charge in [-0.25, -0.2) is 0 Å². The molecule has 102 valence electrons. The minimum Gasteiger partial charge on any atom is -0.317 e. The topological polar surface area (TPSA) is 32.3 Å². The summed E-state index contributed by atoms with van der Waals surface area (Å²) in [6.07, 6.45) is 2.39. The monoisotopic (exact) mass is 258 g/mol. The van der Waals surface area contributed by atoms with Crippen LogP contribution in [-0.2, 0) is 10.2 Å². The molecule has 1 amide bonds. The lowest BCUT2D eigenvalue weighted by Crippen LogP contribution is -2.33. The molecular weight excluding hydrogens is 236 g/mol. The fraction of sp³-hybridized carbons (Fsp3) is 0.562. The molecule has 0 spiro atoms.